The monoisotopic (exact) mass is 304 g/mol. The second-order valence-corrected chi connectivity index (χ2v) is 6.20. The summed E-state index contributed by atoms with van der Waals surface area (Å²) in [5.74, 6) is 2.60. The summed E-state index contributed by atoms with van der Waals surface area (Å²) in [6.07, 6.45) is 0.832. The SMILES string of the molecule is CCc1c(C)[nH]c(C2CSc3ccccc3O2)nc1=S. The number of aryl methyl sites for hydroxylation is 1. The smallest absolute Gasteiger partial charge is 0.165 e. The predicted molar refractivity (Wildman–Crippen MR) is 84.1 cm³/mol. The van der Waals surface area contributed by atoms with E-state index >= 15 is 0 Å². The van der Waals surface area contributed by atoms with Gasteiger partial charge in [0.1, 0.15) is 16.2 Å². The summed E-state index contributed by atoms with van der Waals surface area (Å²) in [4.78, 5) is 9.06. The van der Waals surface area contributed by atoms with Crippen molar-refractivity contribution < 1.29 is 4.74 Å². The molecule has 0 saturated carbocycles. The van der Waals surface area contributed by atoms with Crippen LogP contribution < -0.4 is 4.74 Å². The molecule has 5 heteroatoms. The molecule has 1 unspecified atom stereocenters. The average molecular weight is 304 g/mol. The lowest BCUT2D eigenvalue weighted by Gasteiger charge is -2.25. The van der Waals surface area contributed by atoms with E-state index in [1.165, 1.54) is 4.90 Å². The summed E-state index contributed by atoms with van der Waals surface area (Å²) in [5, 5.41) is 0. The molecule has 0 aliphatic carbocycles. The molecule has 0 spiro atoms. The molecule has 20 heavy (non-hydrogen) atoms. The molecule has 1 atom stereocenters. The van der Waals surface area contributed by atoms with E-state index in [0.29, 0.717) is 4.64 Å². The average Bonchev–Trinajstić information content (AvgIpc) is 2.46. The van der Waals surface area contributed by atoms with Gasteiger partial charge in [0.2, 0.25) is 0 Å². The minimum Gasteiger partial charge on any atom is -0.480 e. The zero-order valence-corrected chi connectivity index (χ0v) is 13.1. The first kappa shape index (κ1) is 13.6. The van der Waals surface area contributed by atoms with Crippen molar-refractivity contribution in [1.82, 2.24) is 9.97 Å². The van der Waals surface area contributed by atoms with Crippen molar-refractivity contribution in [2.75, 3.05) is 5.75 Å². The molecule has 0 saturated heterocycles. The molecule has 1 aliphatic rings. The Hall–Kier alpha value is -1.33. The number of benzene rings is 1. The summed E-state index contributed by atoms with van der Waals surface area (Å²) in [6.45, 7) is 4.14. The van der Waals surface area contributed by atoms with E-state index in [0.717, 1.165) is 35.0 Å². The molecule has 3 nitrogen and oxygen atoms in total. The van der Waals surface area contributed by atoms with Crippen molar-refractivity contribution in [2.45, 2.75) is 31.3 Å². The van der Waals surface area contributed by atoms with Gasteiger partial charge in [-0.25, -0.2) is 4.98 Å². The van der Waals surface area contributed by atoms with Gasteiger partial charge in [0.15, 0.2) is 6.10 Å². The highest BCUT2D eigenvalue weighted by molar-refractivity contribution is 7.99. The van der Waals surface area contributed by atoms with Crippen LogP contribution in [0.3, 0.4) is 0 Å². The lowest BCUT2D eigenvalue weighted by molar-refractivity contribution is 0.210. The molecule has 0 fully saturated rings. The second-order valence-electron chi connectivity index (χ2n) is 4.75. The maximum absolute atomic E-state index is 6.04. The maximum atomic E-state index is 6.04. The first-order valence-corrected chi connectivity index (χ1v) is 8.06. The predicted octanol–water partition coefficient (Wildman–Crippen LogP) is 4.24. The van der Waals surface area contributed by atoms with Crippen LogP contribution in [0.5, 0.6) is 5.75 Å². The first-order valence-electron chi connectivity index (χ1n) is 6.67. The van der Waals surface area contributed by atoms with E-state index in [2.05, 4.69) is 23.0 Å². The topological polar surface area (TPSA) is 37.9 Å². The van der Waals surface area contributed by atoms with Gasteiger partial charge in [-0.1, -0.05) is 31.3 Å². The molecule has 1 aromatic heterocycles. The summed E-state index contributed by atoms with van der Waals surface area (Å²) in [6, 6.07) is 8.10. The highest BCUT2D eigenvalue weighted by Crippen LogP contribution is 2.39. The highest BCUT2D eigenvalue weighted by atomic mass is 32.2. The van der Waals surface area contributed by atoms with Gasteiger partial charge in [-0.15, -0.1) is 11.8 Å². The summed E-state index contributed by atoms with van der Waals surface area (Å²) >= 11 is 7.17. The third kappa shape index (κ3) is 2.47. The number of aromatic amines is 1. The van der Waals surface area contributed by atoms with Crippen LogP contribution in [0.2, 0.25) is 0 Å². The summed E-state index contributed by atoms with van der Waals surface area (Å²) in [7, 11) is 0. The fourth-order valence-electron chi connectivity index (χ4n) is 2.36. The Morgan fingerprint density at radius 3 is 3.00 bits per heavy atom. The van der Waals surface area contributed by atoms with Crippen molar-refractivity contribution in [3.05, 3.63) is 46.0 Å². The van der Waals surface area contributed by atoms with E-state index in [9.17, 15) is 0 Å². The molecule has 1 aromatic carbocycles. The molecule has 0 amide bonds. The third-order valence-electron chi connectivity index (χ3n) is 3.42. The fraction of sp³-hybridized carbons (Fsp3) is 0.333. The molecular formula is C15H16N2OS2. The molecule has 104 valence electrons. The van der Waals surface area contributed by atoms with Crippen LogP contribution in [0, 0.1) is 11.6 Å². The number of thioether (sulfide) groups is 1. The maximum Gasteiger partial charge on any atom is 0.165 e. The number of fused-ring (bicyclic) bond motifs is 1. The zero-order chi connectivity index (χ0) is 14.1. The lowest BCUT2D eigenvalue weighted by Crippen LogP contribution is -2.18. The molecule has 0 bridgehead atoms. The van der Waals surface area contributed by atoms with Crippen molar-refractivity contribution in [2.24, 2.45) is 0 Å². The third-order valence-corrected chi connectivity index (χ3v) is 4.87. The van der Waals surface area contributed by atoms with Gasteiger partial charge in [0.05, 0.1) is 0 Å². The number of H-pyrrole nitrogens is 1. The largest absolute Gasteiger partial charge is 0.480 e. The number of nitrogens with zero attached hydrogens (tertiary/aromatic N) is 1. The number of nitrogens with one attached hydrogen (secondary N) is 1. The van der Waals surface area contributed by atoms with E-state index in [1.807, 2.05) is 25.1 Å². The second kappa shape index (κ2) is 5.58. The van der Waals surface area contributed by atoms with Crippen LogP contribution in [-0.2, 0) is 6.42 Å². The minimum absolute atomic E-state index is 0.0683. The van der Waals surface area contributed by atoms with Gasteiger partial charge in [-0.2, -0.15) is 0 Å². The van der Waals surface area contributed by atoms with Gasteiger partial charge in [0, 0.05) is 21.9 Å². The Kier molecular flexibility index (Phi) is 3.81. The fourth-order valence-corrected chi connectivity index (χ4v) is 3.74. The van der Waals surface area contributed by atoms with Crippen LogP contribution in [-0.4, -0.2) is 15.7 Å². The van der Waals surface area contributed by atoms with Crippen LogP contribution in [0.1, 0.15) is 30.1 Å². The van der Waals surface area contributed by atoms with E-state index in [1.54, 1.807) is 11.8 Å². The number of hydrogen-bond acceptors (Lipinski definition) is 4. The van der Waals surface area contributed by atoms with Crippen LogP contribution >= 0.6 is 24.0 Å². The van der Waals surface area contributed by atoms with Gasteiger partial charge in [-0.05, 0) is 25.5 Å². The van der Waals surface area contributed by atoms with Crippen LogP contribution in [0.4, 0.5) is 0 Å². The van der Waals surface area contributed by atoms with Crippen LogP contribution in [0.25, 0.3) is 0 Å². The number of rotatable bonds is 2. The molecule has 1 N–H and O–H groups in total. The summed E-state index contributed by atoms with van der Waals surface area (Å²) in [5.41, 5.74) is 2.21. The first-order chi connectivity index (χ1) is 9.69. The summed E-state index contributed by atoms with van der Waals surface area (Å²) < 4.78 is 6.73. The van der Waals surface area contributed by atoms with Gasteiger partial charge >= 0.3 is 0 Å². The molecule has 0 radical (unpaired) electrons. The highest BCUT2D eigenvalue weighted by Gasteiger charge is 2.23. The Morgan fingerprint density at radius 2 is 2.25 bits per heavy atom. The zero-order valence-electron chi connectivity index (χ0n) is 11.5. The Bertz CT molecular complexity index is 697. The number of aromatic nitrogens is 2. The van der Waals surface area contributed by atoms with E-state index in [-0.39, 0.29) is 6.10 Å². The van der Waals surface area contributed by atoms with Crippen molar-refractivity contribution in [3.63, 3.8) is 0 Å². The van der Waals surface area contributed by atoms with Crippen molar-refractivity contribution in [1.29, 1.82) is 0 Å². The molecule has 1 aliphatic heterocycles. The minimum atomic E-state index is -0.0683. The van der Waals surface area contributed by atoms with E-state index in [4.69, 9.17) is 17.0 Å². The molecular weight excluding hydrogens is 288 g/mol. The lowest BCUT2D eigenvalue weighted by atomic mass is 10.2. The molecule has 2 aromatic rings. The van der Waals surface area contributed by atoms with Crippen molar-refractivity contribution >= 4 is 24.0 Å². The Labute approximate surface area is 127 Å². The number of para-hydroxylation sites is 1. The van der Waals surface area contributed by atoms with E-state index < -0.39 is 0 Å². The number of ether oxygens (including phenoxy) is 1. The molecule has 3 rings (SSSR count). The molecule has 2 heterocycles. The van der Waals surface area contributed by atoms with Gasteiger partial charge < -0.3 is 9.72 Å². The van der Waals surface area contributed by atoms with Crippen molar-refractivity contribution in [3.8, 4) is 5.75 Å². The normalized spacial score (nSPS) is 17.4. The van der Waals surface area contributed by atoms with Crippen LogP contribution in [0.15, 0.2) is 29.2 Å². The van der Waals surface area contributed by atoms with Gasteiger partial charge in [0.25, 0.3) is 0 Å². The number of hydrogen-bond donors (Lipinski definition) is 1. The standard InChI is InChI=1S/C15H16N2OS2/c1-3-10-9(2)16-14(17-15(10)19)12-8-20-13-7-5-4-6-11(13)18-12/h4-7,12H,3,8H2,1-2H3,(H,16,17,19). The Morgan fingerprint density at radius 1 is 1.45 bits per heavy atom. The van der Waals surface area contributed by atoms with Gasteiger partial charge in [-0.3, -0.25) is 0 Å². The Balaban J connectivity index is 1.94. The quantitative estimate of drug-likeness (QED) is 0.842.